The molecule has 1 aliphatic carbocycles. The monoisotopic (exact) mass is 598 g/mol. The minimum atomic E-state index is -3.68. The number of ether oxygens (including phenoxy) is 1. The van der Waals surface area contributed by atoms with Gasteiger partial charge in [0.25, 0.3) is 5.91 Å². The number of hydrogen-bond donors (Lipinski definition) is 0. The second-order valence-corrected chi connectivity index (χ2v) is 13.0. The number of fused-ring (bicyclic) bond motifs is 1. The quantitative estimate of drug-likeness (QED) is 0.217. The van der Waals surface area contributed by atoms with E-state index in [4.69, 9.17) is 21.3 Å². The first kappa shape index (κ1) is 28.5. The number of aromatic nitrogens is 2. The summed E-state index contributed by atoms with van der Waals surface area (Å²) >= 11 is 7.75. The van der Waals surface area contributed by atoms with Crippen molar-refractivity contribution in [2.75, 3.05) is 18.6 Å². The van der Waals surface area contributed by atoms with Crippen LogP contribution in [0.5, 0.6) is 5.75 Å². The number of anilines is 1. The van der Waals surface area contributed by atoms with Crippen LogP contribution in [0.15, 0.2) is 65.8 Å². The molecule has 1 fully saturated rings. The number of nitrogens with zero attached hydrogens (tertiary/aromatic N) is 4. The van der Waals surface area contributed by atoms with Crippen molar-refractivity contribution >= 4 is 54.2 Å². The van der Waals surface area contributed by atoms with Gasteiger partial charge in [-0.3, -0.25) is 14.7 Å². The summed E-state index contributed by atoms with van der Waals surface area (Å²) in [5.41, 5.74) is 1.79. The summed E-state index contributed by atoms with van der Waals surface area (Å²) in [5, 5.41) is 0.971. The van der Waals surface area contributed by atoms with Crippen LogP contribution in [0, 0.1) is 0 Å². The number of carbonyl (C=O) groups is 1. The van der Waals surface area contributed by atoms with Gasteiger partial charge in [-0.05, 0) is 66.9 Å². The summed E-state index contributed by atoms with van der Waals surface area (Å²) in [6.07, 6.45) is 8.33. The molecule has 1 aliphatic rings. The Hall–Kier alpha value is -3.05. The lowest BCUT2D eigenvalue weighted by Crippen LogP contribution is -2.41. The normalized spacial score (nSPS) is 14.5. The van der Waals surface area contributed by atoms with Gasteiger partial charge in [-0.15, -0.1) is 0 Å². The van der Waals surface area contributed by atoms with Crippen LogP contribution in [0.25, 0.3) is 10.2 Å². The van der Waals surface area contributed by atoms with Crippen LogP contribution in [0.4, 0.5) is 5.13 Å². The molecule has 4 aromatic rings. The van der Waals surface area contributed by atoms with Crippen LogP contribution in [0.1, 0.15) is 54.9 Å². The zero-order chi connectivity index (χ0) is 28.3. The summed E-state index contributed by atoms with van der Waals surface area (Å²) in [7, 11) is -2.12. The maximum atomic E-state index is 13.9. The van der Waals surface area contributed by atoms with Crippen LogP contribution in [0.2, 0.25) is 5.02 Å². The Labute approximate surface area is 243 Å². The van der Waals surface area contributed by atoms with E-state index in [0.29, 0.717) is 38.2 Å². The number of halogens is 1. The highest BCUT2D eigenvalue weighted by atomic mass is 35.5. The topological polar surface area (TPSA) is 92.7 Å². The van der Waals surface area contributed by atoms with Crippen LogP contribution in [0.3, 0.4) is 0 Å². The fraction of sp³-hybridized carbons (Fsp3) is 0.345. The highest BCUT2D eigenvalue weighted by molar-refractivity contribution is 7.89. The third-order valence-corrected chi connectivity index (χ3v) is 10.8. The van der Waals surface area contributed by atoms with Gasteiger partial charge in [0.05, 0.1) is 28.3 Å². The molecule has 0 unspecified atom stereocenters. The van der Waals surface area contributed by atoms with Gasteiger partial charge in [0.1, 0.15) is 11.3 Å². The molecule has 210 valence electrons. The Bertz CT molecular complexity index is 1590. The number of benzene rings is 2. The van der Waals surface area contributed by atoms with Crippen molar-refractivity contribution in [1.82, 2.24) is 14.3 Å². The molecular weight excluding hydrogens is 568 g/mol. The molecule has 0 bridgehead atoms. The van der Waals surface area contributed by atoms with E-state index in [2.05, 4.69) is 4.98 Å². The maximum absolute atomic E-state index is 13.9. The average molecular weight is 599 g/mol. The van der Waals surface area contributed by atoms with E-state index in [0.717, 1.165) is 37.7 Å². The second kappa shape index (κ2) is 12.2. The molecule has 11 heteroatoms. The van der Waals surface area contributed by atoms with Crippen LogP contribution in [-0.2, 0) is 16.6 Å². The van der Waals surface area contributed by atoms with Crippen molar-refractivity contribution < 1.29 is 17.9 Å². The van der Waals surface area contributed by atoms with E-state index in [9.17, 15) is 13.2 Å². The highest BCUT2D eigenvalue weighted by Crippen LogP contribution is 2.39. The molecule has 2 aromatic heterocycles. The number of thiazole rings is 1. The van der Waals surface area contributed by atoms with Crippen molar-refractivity contribution in [2.45, 2.75) is 56.5 Å². The third-order valence-electron chi connectivity index (χ3n) is 7.23. The lowest BCUT2D eigenvalue weighted by molar-refractivity contribution is 0.0985. The molecular formula is C29H31ClN4O4S2. The van der Waals surface area contributed by atoms with E-state index in [-0.39, 0.29) is 23.4 Å². The second-order valence-electron chi connectivity index (χ2n) is 9.70. The fourth-order valence-electron chi connectivity index (χ4n) is 5.17. The molecule has 1 saturated carbocycles. The number of amides is 1. The van der Waals surface area contributed by atoms with Gasteiger partial charge in [-0.2, -0.15) is 4.31 Å². The van der Waals surface area contributed by atoms with E-state index < -0.39 is 10.0 Å². The standard InChI is InChI=1S/C29H31ClN4O4S2/c1-3-34(22-7-5-4-6-8-22)40(36,37)23-11-9-21(10-12-23)28(35)33(19-20-15-17-31-18-16-20)29-32-26-25(38-2)14-13-24(30)27(26)39-29/h9-18,22H,3-8,19H2,1-2H3. The van der Waals surface area contributed by atoms with Gasteiger partial charge in [0.15, 0.2) is 5.13 Å². The first-order valence-corrected chi connectivity index (χ1v) is 15.9. The first-order chi connectivity index (χ1) is 19.3. The summed E-state index contributed by atoms with van der Waals surface area (Å²) in [4.78, 5) is 24.5. The Morgan fingerprint density at radius 1 is 1.05 bits per heavy atom. The number of hydrogen-bond acceptors (Lipinski definition) is 7. The van der Waals surface area contributed by atoms with Crippen LogP contribution < -0.4 is 9.64 Å². The minimum absolute atomic E-state index is 0.0174. The molecule has 2 heterocycles. The summed E-state index contributed by atoms with van der Waals surface area (Å²) in [6.45, 7) is 2.53. The van der Waals surface area contributed by atoms with Crippen molar-refractivity contribution in [3.8, 4) is 5.75 Å². The number of methoxy groups -OCH3 is 1. The minimum Gasteiger partial charge on any atom is -0.494 e. The van der Waals surface area contributed by atoms with Gasteiger partial charge in [-0.25, -0.2) is 13.4 Å². The molecule has 40 heavy (non-hydrogen) atoms. The Kier molecular flexibility index (Phi) is 8.70. The molecule has 0 spiro atoms. The largest absolute Gasteiger partial charge is 0.494 e. The van der Waals surface area contributed by atoms with Gasteiger partial charge in [0.2, 0.25) is 10.0 Å². The lowest BCUT2D eigenvalue weighted by Gasteiger charge is -2.32. The van der Waals surface area contributed by atoms with Gasteiger partial charge >= 0.3 is 0 Å². The lowest BCUT2D eigenvalue weighted by atomic mass is 9.95. The highest BCUT2D eigenvalue weighted by Gasteiger charge is 2.31. The molecule has 0 atom stereocenters. The predicted molar refractivity (Wildman–Crippen MR) is 159 cm³/mol. The third kappa shape index (κ3) is 5.72. The van der Waals surface area contributed by atoms with E-state index in [1.165, 1.54) is 23.5 Å². The molecule has 1 amide bonds. The first-order valence-electron chi connectivity index (χ1n) is 13.3. The summed E-state index contributed by atoms with van der Waals surface area (Å²) < 4.78 is 34.8. The zero-order valence-corrected chi connectivity index (χ0v) is 24.8. The van der Waals surface area contributed by atoms with Crippen LogP contribution in [-0.4, -0.2) is 48.3 Å². The Morgan fingerprint density at radius 3 is 2.40 bits per heavy atom. The molecule has 0 radical (unpaired) electrons. The number of carbonyl (C=O) groups excluding carboxylic acids is 1. The van der Waals surface area contributed by atoms with Crippen molar-refractivity contribution in [3.05, 3.63) is 77.1 Å². The van der Waals surface area contributed by atoms with E-state index in [1.807, 2.05) is 19.1 Å². The molecule has 0 aliphatic heterocycles. The maximum Gasteiger partial charge on any atom is 0.260 e. The molecule has 2 aromatic carbocycles. The predicted octanol–water partition coefficient (Wildman–Crippen LogP) is 6.54. The van der Waals surface area contributed by atoms with Crippen molar-refractivity contribution in [1.29, 1.82) is 0 Å². The average Bonchev–Trinajstić information content (AvgIpc) is 3.43. The molecule has 8 nitrogen and oxygen atoms in total. The summed E-state index contributed by atoms with van der Waals surface area (Å²) in [5.74, 6) is 0.251. The Balaban J connectivity index is 1.48. The number of rotatable bonds is 9. The molecule has 0 N–H and O–H groups in total. The number of sulfonamides is 1. The van der Waals surface area contributed by atoms with Gasteiger partial charge in [0, 0.05) is 30.5 Å². The van der Waals surface area contributed by atoms with Crippen LogP contribution >= 0.6 is 22.9 Å². The van der Waals surface area contributed by atoms with Gasteiger partial charge < -0.3 is 4.74 Å². The summed E-state index contributed by atoms with van der Waals surface area (Å²) in [6, 6.07) is 13.4. The Morgan fingerprint density at radius 2 is 1.75 bits per heavy atom. The zero-order valence-electron chi connectivity index (χ0n) is 22.4. The van der Waals surface area contributed by atoms with E-state index >= 15 is 0 Å². The molecule has 5 rings (SSSR count). The smallest absolute Gasteiger partial charge is 0.260 e. The molecule has 0 saturated heterocycles. The van der Waals surface area contributed by atoms with Crippen molar-refractivity contribution in [2.24, 2.45) is 0 Å². The SMILES string of the molecule is CCN(C1CCCCC1)S(=O)(=O)c1ccc(C(=O)N(Cc2ccncc2)c2nc3c(OC)ccc(Cl)c3s2)cc1. The van der Waals surface area contributed by atoms with Crippen molar-refractivity contribution in [3.63, 3.8) is 0 Å². The van der Waals surface area contributed by atoms with Gasteiger partial charge in [-0.1, -0.05) is 49.1 Å². The van der Waals surface area contributed by atoms with E-state index in [1.54, 1.807) is 53.0 Å². The fourth-order valence-corrected chi connectivity index (χ4v) is 8.12. The number of pyridine rings is 1.